The highest BCUT2D eigenvalue weighted by molar-refractivity contribution is 5.66. The molecule has 1 N–H and O–H groups in total. The summed E-state index contributed by atoms with van der Waals surface area (Å²) in [6.45, 7) is 7.34. The second-order valence-electron chi connectivity index (χ2n) is 5.30. The number of aliphatic carboxylic acids is 1. The number of carboxylic acid groups (broad SMARTS) is 1. The zero-order chi connectivity index (χ0) is 12.1. The second kappa shape index (κ2) is 6.24. The summed E-state index contributed by atoms with van der Waals surface area (Å²) in [6, 6.07) is 1.04. The molecule has 0 radical (unpaired) electrons. The van der Waals surface area contributed by atoms with Crippen LogP contribution in [0.25, 0.3) is 0 Å². The SMILES string of the molecule is CC1CCCCC1N(CCC(=O)O)C(C)C. The molecule has 1 aliphatic carbocycles. The third kappa shape index (κ3) is 3.78. The monoisotopic (exact) mass is 227 g/mol. The van der Waals surface area contributed by atoms with Gasteiger partial charge in [-0.15, -0.1) is 0 Å². The smallest absolute Gasteiger partial charge is 0.304 e. The highest BCUT2D eigenvalue weighted by Crippen LogP contribution is 2.29. The van der Waals surface area contributed by atoms with E-state index in [4.69, 9.17) is 5.11 Å². The van der Waals surface area contributed by atoms with Crippen LogP contribution in [0.2, 0.25) is 0 Å². The Morgan fingerprint density at radius 3 is 2.50 bits per heavy atom. The molecule has 2 unspecified atom stereocenters. The number of nitrogens with zero attached hydrogens (tertiary/aromatic N) is 1. The summed E-state index contributed by atoms with van der Waals surface area (Å²) < 4.78 is 0. The summed E-state index contributed by atoms with van der Waals surface area (Å²) in [5.74, 6) is 0.0269. The van der Waals surface area contributed by atoms with Crippen LogP contribution in [-0.4, -0.2) is 34.6 Å². The molecule has 1 fully saturated rings. The van der Waals surface area contributed by atoms with Gasteiger partial charge in [-0.1, -0.05) is 19.8 Å². The Morgan fingerprint density at radius 2 is 2.00 bits per heavy atom. The average molecular weight is 227 g/mol. The van der Waals surface area contributed by atoms with Crippen molar-refractivity contribution in [2.45, 2.75) is 65.0 Å². The van der Waals surface area contributed by atoms with E-state index < -0.39 is 5.97 Å². The minimum Gasteiger partial charge on any atom is -0.481 e. The van der Waals surface area contributed by atoms with E-state index in [2.05, 4.69) is 25.7 Å². The van der Waals surface area contributed by atoms with Gasteiger partial charge in [-0.25, -0.2) is 0 Å². The Hall–Kier alpha value is -0.570. The minimum atomic E-state index is -0.686. The third-order valence-electron chi connectivity index (χ3n) is 3.74. The van der Waals surface area contributed by atoms with Crippen molar-refractivity contribution in [2.75, 3.05) is 6.54 Å². The number of hydrogen-bond acceptors (Lipinski definition) is 2. The van der Waals surface area contributed by atoms with Crippen molar-refractivity contribution in [3.8, 4) is 0 Å². The van der Waals surface area contributed by atoms with Gasteiger partial charge in [-0.05, 0) is 32.6 Å². The molecule has 3 nitrogen and oxygen atoms in total. The fraction of sp³-hybridized carbons (Fsp3) is 0.923. The Kier molecular flexibility index (Phi) is 5.26. The van der Waals surface area contributed by atoms with Crippen molar-refractivity contribution in [1.82, 2.24) is 4.90 Å². The van der Waals surface area contributed by atoms with Crippen LogP contribution < -0.4 is 0 Å². The molecule has 1 rings (SSSR count). The fourth-order valence-electron chi connectivity index (χ4n) is 2.82. The molecule has 0 aliphatic heterocycles. The van der Waals surface area contributed by atoms with Crippen molar-refractivity contribution in [3.05, 3.63) is 0 Å². The number of carboxylic acids is 1. The molecule has 1 aliphatic rings. The third-order valence-corrected chi connectivity index (χ3v) is 3.74. The Morgan fingerprint density at radius 1 is 1.38 bits per heavy atom. The van der Waals surface area contributed by atoms with E-state index in [0.29, 0.717) is 24.5 Å². The predicted octanol–water partition coefficient (Wildman–Crippen LogP) is 2.75. The summed E-state index contributed by atoms with van der Waals surface area (Å²) >= 11 is 0. The van der Waals surface area contributed by atoms with Gasteiger partial charge < -0.3 is 5.11 Å². The minimum absolute atomic E-state index is 0.265. The zero-order valence-electron chi connectivity index (χ0n) is 10.8. The topological polar surface area (TPSA) is 40.5 Å². The van der Waals surface area contributed by atoms with Crippen molar-refractivity contribution >= 4 is 5.97 Å². The van der Waals surface area contributed by atoms with Gasteiger partial charge in [0.25, 0.3) is 0 Å². The first-order valence-corrected chi connectivity index (χ1v) is 6.50. The lowest BCUT2D eigenvalue weighted by atomic mass is 9.84. The average Bonchev–Trinajstić information content (AvgIpc) is 2.20. The van der Waals surface area contributed by atoms with Gasteiger partial charge in [0, 0.05) is 18.6 Å². The number of carbonyl (C=O) groups is 1. The fourth-order valence-corrected chi connectivity index (χ4v) is 2.82. The Balaban J connectivity index is 2.56. The lowest BCUT2D eigenvalue weighted by molar-refractivity contribution is -0.137. The quantitative estimate of drug-likeness (QED) is 0.785. The maximum absolute atomic E-state index is 10.7. The first-order chi connectivity index (χ1) is 7.52. The second-order valence-corrected chi connectivity index (χ2v) is 5.30. The maximum atomic E-state index is 10.7. The lowest BCUT2D eigenvalue weighted by Crippen LogP contribution is -2.46. The molecular formula is C13H25NO2. The van der Waals surface area contributed by atoms with E-state index in [1.165, 1.54) is 25.7 Å². The molecule has 1 saturated carbocycles. The van der Waals surface area contributed by atoms with Gasteiger partial charge >= 0.3 is 5.97 Å². The van der Waals surface area contributed by atoms with Crippen molar-refractivity contribution in [2.24, 2.45) is 5.92 Å². The van der Waals surface area contributed by atoms with Crippen LogP contribution in [-0.2, 0) is 4.79 Å². The van der Waals surface area contributed by atoms with Gasteiger partial charge in [0.1, 0.15) is 0 Å². The molecular weight excluding hydrogens is 202 g/mol. The van der Waals surface area contributed by atoms with Crippen LogP contribution in [0.4, 0.5) is 0 Å². The molecule has 94 valence electrons. The van der Waals surface area contributed by atoms with Crippen LogP contribution in [0.5, 0.6) is 0 Å². The molecule has 0 saturated heterocycles. The lowest BCUT2D eigenvalue weighted by Gasteiger charge is -2.41. The van der Waals surface area contributed by atoms with Crippen molar-refractivity contribution in [3.63, 3.8) is 0 Å². The van der Waals surface area contributed by atoms with Gasteiger partial charge in [-0.3, -0.25) is 9.69 Å². The molecule has 0 aromatic rings. The van der Waals surface area contributed by atoms with Gasteiger partial charge in [0.2, 0.25) is 0 Å². The van der Waals surface area contributed by atoms with Crippen LogP contribution in [0, 0.1) is 5.92 Å². The predicted molar refractivity (Wildman–Crippen MR) is 65.5 cm³/mol. The first-order valence-electron chi connectivity index (χ1n) is 6.50. The van der Waals surface area contributed by atoms with Crippen molar-refractivity contribution < 1.29 is 9.90 Å². The van der Waals surface area contributed by atoms with E-state index in [0.717, 1.165) is 0 Å². The van der Waals surface area contributed by atoms with Crippen molar-refractivity contribution in [1.29, 1.82) is 0 Å². The van der Waals surface area contributed by atoms with Crippen LogP contribution in [0.1, 0.15) is 52.9 Å². The molecule has 0 amide bonds. The molecule has 0 bridgehead atoms. The Bertz CT molecular complexity index is 228. The molecule has 0 spiro atoms. The number of hydrogen-bond donors (Lipinski definition) is 1. The molecule has 16 heavy (non-hydrogen) atoms. The maximum Gasteiger partial charge on any atom is 0.304 e. The largest absolute Gasteiger partial charge is 0.481 e. The van der Waals surface area contributed by atoms with Crippen LogP contribution >= 0.6 is 0 Å². The van der Waals surface area contributed by atoms with E-state index in [9.17, 15) is 4.79 Å². The molecule has 3 heteroatoms. The summed E-state index contributed by atoms with van der Waals surface area (Å²) in [4.78, 5) is 13.1. The molecule has 0 heterocycles. The summed E-state index contributed by atoms with van der Waals surface area (Å²) in [5.41, 5.74) is 0. The van der Waals surface area contributed by atoms with Crippen LogP contribution in [0.15, 0.2) is 0 Å². The number of rotatable bonds is 5. The van der Waals surface area contributed by atoms with Gasteiger partial charge in [0.05, 0.1) is 6.42 Å². The molecule has 2 atom stereocenters. The van der Waals surface area contributed by atoms with Gasteiger partial charge in [0.15, 0.2) is 0 Å². The van der Waals surface area contributed by atoms with E-state index in [1.54, 1.807) is 0 Å². The molecule has 0 aromatic carbocycles. The summed E-state index contributed by atoms with van der Waals surface area (Å²) in [6.07, 6.45) is 5.43. The highest BCUT2D eigenvalue weighted by Gasteiger charge is 2.28. The van der Waals surface area contributed by atoms with E-state index >= 15 is 0 Å². The standard InChI is InChI=1S/C13H25NO2/c1-10(2)14(9-8-13(15)16)12-7-5-4-6-11(12)3/h10-12H,4-9H2,1-3H3,(H,15,16). The molecule has 0 aromatic heterocycles. The van der Waals surface area contributed by atoms with E-state index in [1.807, 2.05) is 0 Å². The Labute approximate surface area is 98.8 Å². The highest BCUT2D eigenvalue weighted by atomic mass is 16.4. The first kappa shape index (κ1) is 13.5. The zero-order valence-corrected chi connectivity index (χ0v) is 10.8. The van der Waals surface area contributed by atoms with E-state index in [-0.39, 0.29) is 6.42 Å². The van der Waals surface area contributed by atoms with Crippen LogP contribution in [0.3, 0.4) is 0 Å². The summed E-state index contributed by atoms with van der Waals surface area (Å²) in [5, 5.41) is 8.78. The van der Waals surface area contributed by atoms with Gasteiger partial charge in [-0.2, -0.15) is 0 Å². The summed E-state index contributed by atoms with van der Waals surface area (Å²) in [7, 11) is 0. The normalized spacial score (nSPS) is 26.3.